The van der Waals surface area contributed by atoms with Crippen molar-refractivity contribution in [3.05, 3.63) is 29.8 Å². The van der Waals surface area contributed by atoms with Crippen LogP contribution < -0.4 is 15.4 Å². The van der Waals surface area contributed by atoms with Gasteiger partial charge in [0.1, 0.15) is 5.75 Å². The normalized spacial score (nSPS) is 12.3. The van der Waals surface area contributed by atoms with E-state index < -0.39 is 6.10 Å². The van der Waals surface area contributed by atoms with Crippen LogP contribution in [0.4, 0.5) is 0 Å². The van der Waals surface area contributed by atoms with Crippen molar-refractivity contribution in [2.24, 2.45) is 4.99 Å². The van der Waals surface area contributed by atoms with Gasteiger partial charge in [0.2, 0.25) is 0 Å². The summed E-state index contributed by atoms with van der Waals surface area (Å²) >= 11 is 0. The Balaban J connectivity index is 0.00000441. The molecular formula is C15H26IN3O3. The summed E-state index contributed by atoms with van der Waals surface area (Å²) in [6.45, 7) is 4.31. The molecule has 0 spiro atoms. The first-order chi connectivity index (χ1) is 10.2. The van der Waals surface area contributed by atoms with E-state index in [-0.39, 0.29) is 30.5 Å². The summed E-state index contributed by atoms with van der Waals surface area (Å²) in [5.41, 5.74) is 0.812. The van der Waals surface area contributed by atoms with E-state index in [0.717, 1.165) is 17.9 Å². The molecule has 6 nitrogen and oxygen atoms in total. The molecule has 0 saturated carbocycles. The van der Waals surface area contributed by atoms with Gasteiger partial charge in [-0.05, 0) is 24.6 Å². The molecule has 0 bridgehead atoms. The zero-order valence-corrected chi connectivity index (χ0v) is 15.7. The van der Waals surface area contributed by atoms with Crippen LogP contribution in [0.3, 0.4) is 0 Å². The quantitative estimate of drug-likeness (QED) is 0.256. The van der Waals surface area contributed by atoms with Gasteiger partial charge in [-0.25, -0.2) is 0 Å². The first-order valence-corrected chi connectivity index (χ1v) is 7.04. The van der Waals surface area contributed by atoms with Gasteiger partial charge in [-0.1, -0.05) is 12.1 Å². The lowest BCUT2D eigenvalue weighted by molar-refractivity contribution is 0.186. The number of benzene rings is 1. The molecule has 1 aromatic carbocycles. The summed E-state index contributed by atoms with van der Waals surface area (Å²) in [7, 11) is 3.27. The van der Waals surface area contributed by atoms with E-state index >= 15 is 0 Å². The lowest BCUT2D eigenvalue weighted by Crippen LogP contribution is -2.39. The van der Waals surface area contributed by atoms with Crippen LogP contribution in [0, 0.1) is 0 Å². The summed E-state index contributed by atoms with van der Waals surface area (Å²) in [5.74, 6) is 1.44. The number of aliphatic hydroxyl groups excluding tert-OH is 1. The van der Waals surface area contributed by atoms with Crippen LogP contribution in [0.2, 0.25) is 0 Å². The smallest absolute Gasteiger partial charge is 0.191 e. The minimum atomic E-state index is -0.645. The Morgan fingerprint density at radius 3 is 2.45 bits per heavy atom. The molecule has 0 heterocycles. The van der Waals surface area contributed by atoms with E-state index in [0.29, 0.717) is 19.1 Å². The number of rotatable bonds is 8. The lowest BCUT2D eigenvalue weighted by atomic mass is 10.1. The maximum Gasteiger partial charge on any atom is 0.191 e. The molecule has 0 fully saturated rings. The van der Waals surface area contributed by atoms with E-state index in [4.69, 9.17) is 9.47 Å². The van der Waals surface area contributed by atoms with Crippen LogP contribution in [-0.2, 0) is 4.74 Å². The van der Waals surface area contributed by atoms with Crippen molar-refractivity contribution in [3.8, 4) is 5.75 Å². The highest BCUT2D eigenvalue weighted by Crippen LogP contribution is 2.17. The molecule has 1 unspecified atom stereocenters. The highest BCUT2D eigenvalue weighted by atomic mass is 127. The maximum absolute atomic E-state index is 10.1. The van der Waals surface area contributed by atoms with Gasteiger partial charge in [-0.2, -0.15) is 0 Å². The SMILES string of the molecule is CCNC(=NCC(O)c1ccc(OC)cc1)NCCOC.I. The van der Waals surface area contributed by atoms with Crippen LogP contribution in [0.1, 0.15) is 18.6 Å². The number of nitrogens with one attached hydrogen (secondary N) is 2. The number of guanidine groups is 1. The largest absolute Gasteiger partial charge is 0.497 e. The number of hydrogen-bond donors (Lipinski definition) is 3. The molecule has 22 heavy (non-hydrogen) atoms. The second kappa shape index (κ2) is 12.5. The standard InChI is InChI=1S/C15H25N3O3.HI/c1-4-16-15(17-9-10-20-2)18-11-14(19)12-5-7-13(21-3)8-6-12;/h5-8,14,19H,4,9-11H2,1-3H3,(H2,16,17,18);1H. The van der Waals surface area contributed by atoms with Crippen molar-refractivity contribution in [3.63, 3.8) is 0 Å². The van der Waals surface area contributed by atoms with Crippen LogP contribution in [0.5, 0.6) is 5.75 Å². The van der Waals surface area contributed by atoms with Crippen LogP contribution in [0.25, 0.3) is 0 Å². The fraction of sp³-hybridized carbons (Fsp3) is 0.533. The molecule has 1 aromatic rings. The monoisotopic (exact) mass is 423 g/mol. The molecule has 0 radical (unpaired) electrons. The zero-order chi connectivity index (χ0) is 15.5. The van der Waals surface area contributed by atoms with Crippen LogP contribution in [0.15, 0.2) is 29.3 Å². The average Bonchev–Trinajstić information content (AvgIpc) is 2.52. The average molecular weight is 423 g/mol. The Morgan fingerprint density at radius 2 is 1.91 bits per heavy atom. The molecule has 1 rings (SSSR count). The fourth-order valence-electron chi connectivity index (χ4n) is 1.72. The number of hydrogen-bond acceptors (Lipinski definition) is 4. The second-order valence-corrected chi connectivity index (χ2v) is 4.43. The fourth-order valence-corrected chi connectivity index (χ4v) is 1.72. The first-order valence-electron chi connectivity index (χ1n) is 7.04. The minimum Gasteiger partial charge on any atom is -0.497 e. The second-order valence-electron chi connectivity index (χ2n) is 4.43. The molecule has 0 aliphatic carbocycles. The Bertz CT molecular complexity index is 427. The molecule has 0 amide bonds. The van der Waals surface area contributed by atoms with E-state index in [1.54, 1.807) is 14.2 Å². The molecule has 0 aliphatic heterocycles. The third-order valence-electron chi connectivity index (χ3n) is 2.87. The summed E-state index contributed by atoms with van der Waals surface area (Å²) in [6.07, 6.45) is -0.645. The number of nitrogens with zero attached hydrogens (tertiary/aromatic N) is 1. The molecular weight excluding hydrogens is 397 g/mol. The number of methoxy groups -OCH3 is 2. The molecule has 3 N–H and O–H groups in total. The van der Waals surface area contributed by atoms with Gasteiger partial charge in [-0.15, -0.1) is 24.0 Å². The Labute approximate surface area is 149 Å². The molecule has 126 valence electrons. The third-order valence-corrected chi connectivity index (χ3v) is 2.87. The maximum atomic E-state index is 10.1. The van der Waals surface area contributed by atoms with Crippen molar-refractivity contribution in [1.82, 2.24) is 10.6 Å². The highest BCUT2D eigenvalue weighted by molar-refractivity contribution is 14.0. The molecule has 0 saturated heterocycles. The summed E-state index contributed by atoms with van der Waals surface area (Å²) in [5, 5.41) is 16.4. The van der Waals surface area contributed by atoms with E-state index in [1.807, 2.05) is 31.2 Å². The van der Waals surface area contributed by atoms with Crippen LogP contribution in [-0.4, -0.2) is 51.5 Å². The Morgan fingerprint density at radius 1 is 1.23 bits per heavy atom. The zero-order valence-electron chi connectivity index (χ0n) is 13.3. The van der Waals surface area contributed by atoms with Crippen LogP contribution >= 0.6 is 24.0 Å². The van der Waals surface area contributed by atoms with Gasteiger partial charge in [0, 0.05) is 20.2 Å². The number of aliphatic hydroxyl groups is 1. The minimum absolute atomic E-state index is 0. The van der Waals surface area contributed by atoms with Crippen molar-refractivity contribution in [2.75, 3.05) is 40.5 Å². The third kappa shape index (κ3) is 7.81. The predicted molar refractivity (Wildman–Crippen MR) is 99.2 cm³/mol. The van der Waals surface area contributed by atoms with Crippen molar-refractivity contribution < 1.29 is 14.6 Å². The molecule has 0 aromatic heterocycles. The van der Waals surface area contributed by atoms with E-state index in [2.05, 4.69) is 15.6 Å². The van der Waals surface area contributed by atoms with Gasteiger partial charge >= 0.3 is 0 Å². The molecule has 0 aliphatic rings. The Hall–Kier alpha value is -1.06. The van der Waals surface area contributed by atoms with Gasteiger partial charge in [0.05, 0.1) is 26.4 Å². The van der Waals surface area contributed by atoms with E-state index in [9.17, 15) is 5.11 Å². The summed E-state index contributed by atoms with van der Waals surface area (Å²) in [6, 6.07) is 7.32. The lowest BCUT2D eigenvalue weighted by Gasteiger charge is -2.13. The van der Waals surface area contributed by atoms with Gasteiger partial charge < -0.3 is 25.2 Å². The summed E-state index contributed by atoms with van der Waals surface area (Å²) < 4.78 is 10.1. The van der Waals surface area contributed by atoms with E-state index in [1.165, 1.54) is 0 Å². The van der Waals surface area contributed by atoms with Crippen molar-refractivity contribution in [2.45, 2.75) is 13.0 Å². The number of ether oxygens (including phenoxy) is 2. The summed E-state index contributed by atoms with van der Waals surface area (Å²) in [4.78, 5) is 4.36. The van der Waals surface area contributed by atoms with Crippen molar-refractivity contribution in [1.29, 1.82) is 0 Å². The Kier molecular flexibility index (Phi) is 11.9. The van der Waals surface area contributed by atoms with Gasteiger partial charge in [0.15, 0.2) is 5.96 Å². The number of aliphatic imine (C=N–C) groups is 1. The topological polar surface area (TPSA) is 75.1 Å². The van der Waals surface area contributed by atoms with Gasteiger partial charge in [0.25, 0.3) is 0 Å². The highest BCUT2D eigenvalue weighted by Gasteiger charge is 2.07. The first kappa shape index (κ1) is 20.9. The molecule has 7 heteroatoms. The number of halogens is 1. The van der Waals surface area contributed by atoms with Gasteiger partial charge in [-0.3, -0.25) is 4.99 Å². The predicted octanol–water partition coefficient (Wildman–Crippen LogP) is 1.55. The molecule has 1 atom stereocenters. The van der Waals surface area contributed by atoms with Crippen molar-refractivity contribution >= 4 is 29.9 Å².